The number of thiazole rings is 1. The van der Waals surface area contributed by atoms with Gasteiger partial charge in [0.2, 0.25) is 0 Å². The van der Waals surface area contributed by atoms with E-state index in [0.29, 0.717) is 11.9 Å². The molecule has 0 aliphatic heterocycles. The zero-order valence-corrected chi connectivity index (χ0v) is 15.1. The summed E-state index contributed by atoms with van der Waals surface area (Å²) < 4.78 is 0. The van der Waals surface area contributed by atoms with Gasteiger partial charge in [-0.15, -0.1) is 35.3 Å². The molecule has 0 fully saturated rings. The molecular weight excluding hydrogens is 371 g/mol. The van der Waals surface area contributed by atoms with Gasteiger partial charge in [0, 0.05) is 30.8 Å². The summed E-state index contributed by atoms with van der Waals surface area (Å²) in [5, 5.41) is 6.45. The highest BCUT2D eigenvalue weighted by atomic mass is 127. The highest BCUT2D eigenvalue weighted by Gasteiger charge is 2.05. The number of aromatic nitrogens is 1. The molecule has 0 aliphatic carbocycles. The zero-order chi connectivity index (χ0) is 13.4. The normalized spacial score (nSPS) is 11.5. The van der Waals surface area contributed by atoms with Crippen molar-refractivity contribution in [3.63, 3.8) is 0 Å². The van der Waals surface area contributed by atoms with Gasteiger partial charge in [-0.3, -0.25) is 4.99 Å². The van der Waals surface area contributed by atoms with Crippen molar-refractivity contribution in [1.29, 1.82) is 0 Å². The van der Waals surface area contributed by atoms with Crippen molar-refractivity contribution in [2.24, 2.45) is 10.7 Å². The number of nitrogens with zero attached hydrogens (tertiary/aromatic N) is 2. The van der Waals surface area contributed by atoms with Gasteiger partial charge in [0.05, 0.1) is 10.7 Å². The molecule has 1 rings (SSSR count). The third kappa shape index (κ3) is 7.71. The molecule has 1 aromatic heterocycles. The molecular formula is C13H25IN4S. The van der Waals surface area contributed by atoms with Crippen LogP contribution in [0.1, 0.15) is 50.2 Å². The minimum Gasteiger partial charge on any atom is -0.370 e. The number of hydrogen-bond donors (Lipinski definition) is 2. The second-order valence-corrected chi connectivity index (χ2v) is 5.52. The summed E-state index contributed by atoms with van der Waals surface area (Å²) in [6.07, 6.45) is 3.13. The summed E-state index contributed by atoms with van der Waals surface area (Å²) >= 11 is 1.73. The van der Waals surface area contributed by atoms with Gasteiger partial charge in [0.25, 0.3) is 0 Å². The second-order valence-electron chi connectivity index (χ2n) is 4.63. The lowest BCUT2D eigenvalue weighted by atomic mass is 10.2. The number of nitrogens with one attached hydrogen (secondary N) is 1. The Balaban J connectivity index is 0.00000324. The maximum Gasteiger partial charge on any atom is 0.188 e. The quantitative estimate of drug-likeness (QED) is 0.322. The fraction of sp³-hybridized carbons (Fsp3) is 0.692. The van der Waals surface area contributed by atoms with E-state index in [0.717, 1.165) is 38.0 Å². The Labute approximate surface area is 137 Å². The first-order valence-corrected chi connectivity index (χ1v) is 7.49. The van der Waals surface area contributed by atoms with Crippen molar-refractivity contribution in [2.75, 3.05) is 13.1 Å². The molecule has 0 atom stereocenters. The molecule has 0 bridgehead atoms. The number of rotatable bonds is 7. The van der Waals surface area contributed by atoms with Crippen molar-refractivity contribution in [3.8, 4) is 0 Å². The van der Waals surface area contributed by atoms with E-state index in [-0.39, 0.29) is 24.0 Å². The van der Waals surface area contributed by atoms with E-state index < -0.39 is 0 Å². The molecule has 0 radical (unpaired) electrons. The van der Waals surface area contributed by atoms with Crippen LogP contribution in [0.3, 0.4) is 0 Å². The summed E-state index contributed by atoms with van der Waals surface area (Å²) in [5.74, 6) is 1.06. The lowest BCUT2D eigenvalue weighted by Gasteiger charge is -2.04. The van der Waals surface area contributed by atoms with Crippen molar-refractivity contribution in [3.05, 3.63) is 16.1 Å². The second kappa shape index (κ2) is 10.4. The predicted octanol–water partition coefficient (Wildman–Crippen LogP) is 3.13. The fourth-order valence-corrected chi connectivity index (χ4v) is 2.30. The Morgan fingerprint density at radius 2 is 2.26 bits per heavy atom. The minimum absolute atomic E-state index is 0. The van der Waals surface area contributed by atoms with E-state index >= 15 is 0 Å². The number of hydrogen-bond acceptors (Lipinski definition) is 3. The van der Waals surface area contributed by atoms with Gasteiger partial charge in [-0.05, 0) is 6.42 Å². The largest absolute Gasteiger partial charge is 0.370 e. The van der Waals surface area contributed by atoms with Crippen molar-refractivity contribution >= 4 is 41.3 Å². The Kier molecular flexibility index (Phi) is 10.2. The van der Waals surface area contributed by atoms with Crippen LogP contribution < -0.4 is 11.1 Å². The van der Waals surface area contributed by atoms with E-state index in [9.17, 15) is 0 Å². The van der Waals surface area contributed by atoms with Crippen LogP contribution in [-0.2, 0) is 6.42 Å². The lowest BCUT2D eigenvalue weighted by Crippen LogP contribution is -2.33. The SMILES string of the molecule is CCCCN=C(N)NCCc1csc(C(C)C)n1.I. The van der Waals surface area contributed by atoms with Crippen LogP contribution >= 0.6 is 35.3 Å². The first-order valence-electron chi connectivity index (χ1n) is 6.61. The zero-order valence-electron chi connectivity index (χ0n) is 12.0. The average Bonchev–Trinajstić information content (AvgIpc) is 2.78. The summed E-state index contributed by atoms with van der Waals surface area (Å²) in [6, 6.07) is 0. The summed E-state index contributed by atoms with van der Waals surface area (Å²) in [5.41, 5.74) is 6.89. The molecule has 19 heavy (non-hydrogen) atoms. The summed E-state index contributed by atoms with van der Waals surface area (Å²) in [6.45, 7) is 8.08. The van der Waals surface area contributed by atoms with E-state index in [2.05, 4.69) is 41.4 Å². The Bertz CT molecular complexity index is 376. The molecule has 0 saturated carbocycles. The van der Waals surface area contributed by atoms with E-state index in [1.54, 1.807) is 11.3 Å². The maximum absolute atomic E-state index is 5.75. The van der Waals surface area contributed by atoms with Crippen LogP contribution in [0.2, 0.25) is 0 Å². The highest BCUT2D eigenvalue weighted by molar-refractivity contribution is 14.0. The number of halogens is 1. The lowest BCUT2D eigenvalue weighted by molar-refractivity contribution is 0.783. The van der Waals surface area contributed by atoms with Crippen LogP contribution in [0.5, 0.6) is 0 Å². The van der Waals surface area contributed by atoms with Gasteiger partial charge < -0.3 is 11.1 Å². The van der Waals surface area contributed by atoms with Crippen LogP contribution in [0.25, 0.3) is 0 Å². The molecule has 0 unspecified atom stereocenters. The van der Waals surface area contributed by atoms with Gasteiger partial charge in [-0.2, -0.15) is 0 Å². The molecule has 6 heteroatoms. The molecule has 0 aliphatic rings. The number of nitrogens with two attached hydrogens (primary N) is 1. The average molecular weight is 396 g/mol. The topological polar surface area (TPSA) is 63.3 Å². The van der Waals surface area contributed by atoms with Crippen LogP contribution in [0, 0.1) is 0 Å². The monoisotopic (exact) mass is 396 g/mol. The standard InChI is InChI=1S/C13H24N4S.HI/c1-4-5-7-15-13(14)16-8-6-11-9-18-12(17-11)10(2)3;/h9-10H,4-8H2,1-3H3,(H3,14,15,16);1H. The summed E-state index contributed by atoms with van der Waals surface area (Å²) in [4.78, 5) is 8.82. The molecule has 4 nitrogen and oxygen atoms in total. The van der Waals surface area contributed by atoms with Gasteiger partial charge in [0.15, 0.2) is 5.96 Å². The van der Waals surface area contributed by atoms with Crippen LogP contribution in [-0.4, -0.2) is 24.0 Å². The predicted molar refractivity (Wildman–Crippen MR) is 94.7 cm³/mol. The van der Waals surface area contributed by atoms with Gasteiger partial charge >= 0.3 is 0 Å². The number of unbranched alkanes of at least 4 members (excludes halogenated alkanes) is 1. The minimum atomic E-state index is 0. The first kappa shape index (κ1) is 18.6. The summed E-state index contributed by atoms with van der Waals surface area (Å²) in [7, 11) is 0. The Morgan fingerprint density at radius 3 is 2.84 bits per heavy atom. The first-order chi connectivity index (χ1) is 8.63. The molecule has 110 valence electrons. The number of aliphatic imine (C=N–C) groups is 1. The van der Waals surface area contributed by atoms with Gasteiger partial charge in [0.1, 0.15) is 0 Å². The van der Waals surface area contributed by atoms with E-state index in [1.807, 2.05) is 0 Å². The molecule has 1 heterocycles. The van der Waals surface area contributed by atoms with E-state index in [4.69, 9.17) is 5.73 Å². The highest BCUT2D eigenvalue weighted by Crippen LogP contribution is 2.19. The Morgan fingerprint density at radius 1 is 1.53 bits per heavy atom. The smallest absolute Gasteiger partial charge is 0.188 e. The van der Waals surface area contributed by atoms with Crippen molar-refractivity contribution in [1.82, 2.24) is 10.3 Å². The molecule has 1 aromatic rings. The van der Waals surface area contributed by atoms with Gasteiger partial charge in [-0.25, -0.2) is 4.98 Å². The maximum atomic E-state index is 5.75. The van der Waals surface area contributed by atoms with Gasteiger partial charge in [-0.1, -0.05) is 27.2 Å². The molecule has 0 spiro atoms. The van der Waals surface area contributed by atoms with Crippen LogP contribution in [0.15, 0.2) is 10.4 Å². The molecule has 3 N–H and O–H groups in total. The third-order valence-electron chi connectivity index (χ3n) is 2.54. The third-order valence-corrected chi connectivity index (χ3v) is 3.74. The molecule has 0 aromatic carbocycles. The number of guanidine groups is 1. The molecule has 0 amide bonds. The van der Waals surface area contributed by atoms with Crippen molar-refractivity contribution < 1.29 is 0 Å². The van der Waals surface area contributed by atoms with E-state index in [1.165, 1.54) is 5.01 Å². The molecule has 0 saturated heterocycles. The van der Waals surface area contributed by atoms with Crippen LogP contribution in [0.4, 0.5) is 0 Å². The van der Waals surface area contributed by atoms with Crippen molar-refractivity contribution in [2.45, 2.75) is 46.0 Å². The Hall–Kier alpha value is -0.370. The fourth-order valence-electron chi connectivity index (χ4n) is 1.43.